The van der Waals surface area contributed by atoms with E-state index in [2.05, 4.69) is 107 Å². The second kappa shape index (κ2) is 19.6. The van der Waals surface area contributed by atoms with E-state index in [0.717, 1.165) is 39.3 Å². The molecule has 0 aliphatic carbocycles. The lowest BCUT2D eigenvalue weighted by Gasteiger charge is -2.23. The van der Waals surface area contributed by atoms with E-state index in [0.29, 0.717) is 0 Å². The summed E-state index contributed by atoms with van der Waals surface area (Å²) in [5, 5.41) is 7.38. The second-order valence-electron chi connectivity index (χ2n) is 10.2. The van der Waals surface area contributed by atoms with Gasteiger partial charge in [0.15, 0.2) is 0 Å². The Balaban J connectivity index is 1.25. The normalized spacial score (nSPS) is 11.3. The van der Waals surface area contributed by atoms with E-state index in [1.807, 2.05) is 0 Å². The van der Waals surface area contributed by atoms with Gasteiger partial charge in [0.05, 0.1) is 0 Å². The van der Waals surface area contributed by atoms with Crippen LogP contribution in [0.3, 0.4) is 0 Å². The molecule has 0 aromatic heterocycles. The Labute approximate surface area is 226 Å². The van der Waals surface area contributed by atoms with Crippen molar-refractivity contribution in [2.24, 2.45) is 0 Å². The first-order chi connectivity index (χ1) is 18.4. The second-order valence-corrected chi connectivity index (χ2v) is 10.2. The van der Waals surface area contributed by atoms with E-state index in [9.17, 15) is 0 Å². The van der Waals surface area contributed by atoms with Gasteiger partial charge in [0.2, 0.25) is 0 Å². The van der Waals surface area contributed by atoms with Gasteiger partial charge < -0.3 is 15.5 Å². The molecule has 0 heterocycles. The quantitative estimate of drug-likeness (QED) is 0.163. The highest BCUT2D eigenvalue weighted by Crippen LogP contribution is 2.07. The third-order valence-electron chi connectivity index (χ3n) is 7.07. The summed E-state index contributed by atoms with van der Waals surface area (Å²) in [5.41, 5.74) is 4.37. The maximum absolute atomic E-state index is 3.69. The average Bonchev–Trinajstić information content (AvgIpc) is 2.95. The predicted molar refractivity (Wildman–Crippen MR) is 160 cm³/mol. The van der Waals surface area contributed by atoms with E-state index >= 15 is 0 Å². The van der Waals surface area contributed by atoms with Crippen LogP contribution >= 0.6 is 0 Å². The summed E-state index contributed by atoms with van der Waals surface area (Å²) in [5.74, 6) is 0. The van der Waals surface area contributed by atoms with Crippen LogP contribution in [0.4, 0.5) is 0 Å². The molecule has 0 amide bonds. The van der Waals surface area contributed by atoms with Crippen LogP contribution in [0.5, 0.6) is 0 Å². The molecule has 3 rings (SSSR count). The summed E-state index contributed by atoms with van der Waals surface area (Å²) in [6.07, 6.45) is 11.1. The number of nitrogens with one attached hydrogen (secondary N) is 2. The Bertz CT molecular complexity index is 845. The summed E-state index contributed by atoms with van der Waals surface area (Å²) in [6, 6.07) is 32.6. The fraction of sp³-hybridized carbons (Fsp3) is 0.471. The van der Waals surface area contributed by atoms with Crippen molar-refractivity contribution in [3.05, 3.63) is 108 Å². The van der Waals surface area contributed by atoms with E-state index in [4.69, 9.17) is 0 Å². The van der Waals surface area contributed by atoms with E-state index < -0.39 is 0 Å². The number of aryl methyl sites for hydroxylation is 3. The Hall–Kier alpha value is -2.46. The zero-order valence-electron chi connectivity index (χ0n) is 22.9. The molecular formula is C34H49N3. The van der Waals surface area contributed by atoms with Gasteiger partial charge in [-0.2, -0.15) is 0 Å². The minimum atomic E-state index is 1.08. The van der Waals surface area contributed by atoms with Gasteiger partial charge in [0.25, 0.3) is 0 Å². The Morgan fingerprint density at radius 2 is 0.757 bits per heavy atom. The number of nitrogens with zero attached hydrogens (tertiary/aromatic N) is 1. The maximum atomic E-state index is 3.69. The summed E-state index contributed by atoms with van der Waals surface area (Å²) in [7, 11) is 0. The predicted octanol–water partition coefficient (Wildman–Crippen LogP) is 6.54. The van der Waals surface area contributed by atoms with Crippen LogP contribution < -0.4 is 10.6 Å². The molecule has 200 valence electrons. The highest BCUT2D eigenvalue weighted by atomic mass is 15.1. The molecule has 0 atom stereocenters. The highest BCUT2D eigenvalue weighted by molar-refractivity contribution is 5.15. The molecule has 0 bridgehead atoms. The SMILES string of the molecule is c1ccc(CCCCNCCN(CCCCc2ccccc2)CCNCCCCc2ccccc2)cc1. The van der Waals surface area contributed by atoms with Crippen molar-refractivity contribution in [2.45, 2.75) is 57.8 Å². The molecule has 0 aliphatic heterocycles. The number of hydrogen-bond acceptors (Lipinski definition) is 3. The van der Waals surface area contributed by atoms with Crippen LogP contribution in [0.15, 0.2) is 91.0 Å². The van der Waals surface area contributed by atoms with Gasteiger partial charge in [-0.1, -0.05) is 91.0 Å². The molecule has 0 spiro atoms. The largest absolute Gasteiger partial charge is 0.315 e. The minimum absolute atomic E-state index is 1.08. The maximum Gasteiger partial charge on any atom is 0.0107 e. The molecule has 3 nitrogen and oxygen atoms in total. The smallest absolute Gasteiger partial charge is 0.0107 e. The van der Waals surface area contributed by atoms with Crippen LogP contribution in [-0.2, 0) is 19.3 Å². The fourth-order valence-corrected chi connectivity index (χ4v) is 4.82. The first-order valence-corrected chi connectivity index (χ1v) is 14.7. The molecular weight excluding hydrogens is 450 g/mol. The topological polar surface area (TPSA) is 27.3 Å². The Morgan fingerprint density at radius 3 is 1.16 bits per heavy atom. The number of hydrogen-bond donors (Lipinski definition) is 2. The number of unbranched alkanes of at least 4 members (excludes halogenated alkanes) is 3. The zero-order valence-corrected chi connectivity index (χ0v) is 22.9. The van der Waals surface area contributed by atoms with Gasteiger partial charge in [0.1, 0.15) is 0 Å². The monoisotopic (exact) mass is 499 g/mol. The van der Waals surface area contributed by atoms with Gasteiger partial charge in [-0.15, -0.1) is 0 Å². The molecule has 0 radical (unpaired) electrons. The zero-order chi connectivity index (χ0) is 25.6. The molecule has 3 aromatic carbocycles. The third-order valence-corrected chi connectivity index (χ3v) is 7.07. The molecule has 3 heteroatoms. The molecule has 0 fully saturated rings. The van der Waals surface area contributed by atoms with Gasteiger partial charge >= 0.3 is 0 Å². The molecule has 0 aliphatic rings. The van der Waals surface area contributed by atoms with Crippen molar-refractivity contribution in [3.8, 4) is 0 Å². The Morgan fingerprint density at radius 1 is 0.378 bits per heavy atom. The summed E-state index contributed by atoms with van der Waals surface area (Å²) in [6.45, 7) is 7.88. The molecule has 3 aromatic rings. The number of benzene rings is 3. The summed E-state index contributed by atoms with van der Waals surface area (Å²) in [4.78, 5) is 2.65. The van der Waals surface area contributed by atoms with Gasteiger partial charge in [-0.25, -0.2) is 0 Å². The molecule has 0 saturated heterocycles. The van der Waals surface area contributed by atoms with Crippen molar-refractivity contribution in [3.63, 3.8) is 0 Å². The van der Waals surface area contributed by atoms with Crippen LogP contribution in [0.2, 0.25) is 0 Å². The van der Waals surface area contributed by atoms with Crippen molar-refractivity contribution < 1.29 is 0 Å². The fourth-order valence-electron chi connectivity index (χ4n) is 4.82. The first-order valence-electron chi connectivity index (χ1n) is 14.7. The lowest BCUT2D eigenvalue weighted by Crippen LogP contribution is -2.38. The van der Waals surface area contributed by atoms with Crippen molar-refractivity contribution in [2.75, 3.05) is 45.8 Å². The van der Waals surface area contributed by atoms with Crippen molar-refractivity contribution >= 4 is 0 Å². The Kier molecular flexibility index (Phi) is 15.4. The highest BCUT2D eigenvalue weighted by Gasteiger charge is 2.05. The minimum Gasteiger partial charge on any atom is -0.315 e. The van der Waals surface area contributed by atoms with Crippen LogP contribution in [0, 0.1) is 0 Å². The van der Waals surface area contributed by atoms with Crippen LogP contribution in [0.1, 0.15) is 55.2 Å². The molecule has 2 N–H and O–H groups in total. The summed E-state index contributed by atoms with van der Waals surface area (Å²) >= 11 is 0. The van der Waals surface area contributed by atoms with Gasteiger partial charge in [0, 0.05) is 26.2 Å². The summed E-state index contributed by atoms with van der Waals surface area (Å²) < 4.78 is 0. The number of rotatable bonds is 21. The standard InChI is InChI=1S/C34H49N3/c1-4-16-32(17-5-1)22-10-13-25-35-27-30-37(29-15-12-24-34-20-8-3-9-21-34)31-28-36-26-14-11-23-33-18-6-2-7-19-33/h1-9,16-21,35-36H,10-15,22-31H2. The van der Waals surface area contributed by atoms with Crippen molar-refractivity contribution in [1.29, 1.82) is 0 Å². The lowest BCUT2D eigenvalue weighted by molar-refractivity contribution is 0.267. The third kappa shape index (κ3) is 14.2. The van der Waals surface area contributed by atoms with Crippen molar-refractivity contribution in [1.82, 2.24) is 15.5 Å². The molecule has 0 unspecified atom stereocenters. The lowest BCUT2D eigenvalue weighted by atomic mass is 10.1. The van der Waals surface area contributed by atoms with E-state index in [-0.39, 0.29) is 0 Å². The molecule has 37 heavy (non-hydrogen) atoms. The van der Waals surface area contributed by atoms with Crippen LogP contribution in [0.25, 0.3) is 0 Å². The first kappa shape index (κ1) is 29.1. The molecule has 0 saturated carbocycles. The average molecular weight is 500 g/mol. The van der Waals surface area contributed by atoms with E-state index in [1.54, 1.807) is 0 Å². The van der Waals surface area contributed by atoms with E-state index in [1.165, 1.54) is 81.0 Å². The van der Waals surface area contributed by atoms with Crippen LogP contribution in [-0.4, -0.2) is 50.7 Å². The van der Waals surface area contributed by atoms with Gasteiger partial charge in [-0.05, 0) is 94.1 Å². The van der Waals surface area contributed by atoms with Gasteiger partial charge in [-0.3, -0.25) is 0 Å².